The van der Waals surface area contributed by atoms with Crippen molar-refractivity contribution >= 4 is 23.7 Å². The van der Waals surface area contributed by atoms with Gasteiger partial charge in [-0.25, -0.2) is 4.79 Å². The fraction of sp³-hybridized carbons (Fsp3) is 0.280. The minimum atomic E-state index is -1.35. The molecule has 3 N–H and O–H groups in total. The molecule has 0 fully saturated rings. The van der Waals surface area contributed by atoms with Crippen LogP contribution < -0.4 is 10.6 Å². The molecule has 0 saturated carbocycles. The number of hydrogen-bond donors (Lipinski definition) is 3. The van der Waals surface area contributed by atoms with Crippen molar-refractivity contribution in [1.82, 2.24) is 15.5 Å². The fourth-order valence-corrected chi connectivity index (χ4v) is 3.71. The first-order valence-corrected chi connectivity index (χ1v) is 10.6. The Kier molecular flexibility index (Phi) is 7.27. The maximum Gasteiger partial charge on any atom is 0.316 e. The number of carboxylic acid groups (broad SMARTS) is 1. The lowest BCUT2D eigenvalue weighted by molar-refractivity contribution is -0.138. The summed E-state index contributed by atoms with van der Waals surface area (Å²) in [5.74, 6) is -2.17. The molecule has 1 heterocycles. The summed E-state index contributed by atoms with van der Waals surface area (Å²) in [5.41, 5.74) is 4.38. The van der Waals surface area contributed by atoms with Gasteiger partial charge in [0.15, 0.2) is 11.8 Å². The van der Waals surface area contributed by atoms with Gasteiger partial charge in [0.25, 0.3) is 5.91 Å². The Morgan fingerprint density at radius 3 is 2.52 bits per heavy atom. The zero-order valence-electron chi connectivity index (χ0n) is 18.8. The first-order valence-electron chi connectivity index (χ1n) is 10.6. The molecule has 172 valence electrons. The van der Waals surface area contributed by atoms with Gasteiger partial charge in [0.05, 0.1) is 12.5 Å². The maximum absolute atomic E-state index is 12.6. The van der Waals surface area contributed by atoms with Crippen LogP contribution in [0.25, 0.3) is 0 Å². The van der Waals surface area contributed by atoms with E-state index in [9.17, 15) is 24.3 Å². The van der Waals surface area contributed by atoms with Crippen molar-refractivity contribution in [2.75, 3.05) is 7.05 Å². The molecule has 3 amide bonds. The maximum atomic E-state index is 12.6. The van der Waals surface area contributed by atoms with Gasteiger partial charge in [0.1, 0.15) is 0 Å². The number of urea groups is 1. The molecule has 2 aromatic rings. The number of aryl methyl sites for hydroxylation is 1. The van der Waals surface area contributed by atoms with Crippen LogP contribution in [0.1, 0.15) is 41.6 Å². The largest absolute Gasteiger partial charge is 0.481 e. The number of carbonyl (C=O) groups is 4. The predicted molar refractivity (Wildman–Crippen MR) is 122 cm³/mol. The number of rotatable bonds is 7. The highest BCUT2D eigenvalue weighted by Gasteiger charge is 2.34. The minimum absolute atomic E-state index is 0.354. The van der Waals surface area contributed by atoms with E-state index in [-0.39, 0.29) is 6.42 Å². The van der Waals surface area contributed by atoms with Crippen LogP contribution >= 0.6 is 0 Å². The van der Waals surface area contributed by atoms with Crippen molar-refractivity contribution < 1.29 is 24.3 Å². The van der Waals surface area contributed by atoms with Crippen LogP contribution in [-0.4, -0.2) is 46.8 Å². The monoisotopic (exact) mass is 449 g/mol. The molecule has 33 heavy (non-hydrogen) atoms. The highest BCUT2D eigenvalue weighted by atomic mass is 16.4. The van der Waals surface area contributed by atoms with E-state index in [1.165, 1.54) is 18.0 Å². The third-order valence-electron chi connectivity index (χ3n) is 5.71. The summed E-state index contributed by atoms with van der Waals surface area (Å²) >= 11 is 0. The van der Waals surface area contributed by atoms with Crippen molar-refractivity contribution in [2.24, 2.45) is 0 Å². The Morgan fingerprint density at radius 2 is 1.82 bits per heavy atom. The first kappa shape index (κ1) is 23.7. The van der Waals surface area contributed by atoms with Gasteiger partial charge in [-0.1, -0.05) is 48.5 Å². The summed E-state index contributed by atoms with van der Waals surface area (Å²) in [6.45, 7) is 3.65. The number of likely N-dealkylation sites (N-methyl/N-ethyl adjacent to an activating group) is 1. The predicted octanol–water partition coefficient (Wildman–Crippen LogP) is 2.71. The molecule has 0 radical (unpaired) electrons. The zero-order valence-corrected chi connectivity index (χ0v) is 18.8. The third-order valence-corrected chi connectivity index (χ3v) is 5.71. The Morgan fingerprint density at radius 1 is 1.09 bits per heavy atom. The quantitative estimate of drug-likeness (QED) is 0.562. The lowest BCUT2D eigenvalue weighted by atomic mass is 9.96. The second kappa shape index (κ2) is 10.1. The van der Waals surface area contributed by atoms with Gasteiger partial charge in [-0.05, 0) is 42.5 Å². The van der Waals surface area contributed by atoms with Crippen LogP contribution in [0.15, 0.2) is 60.3 Å². The Balaban J connectivity index is 1.77. The zero-order chi connectivity index (χ0) is 24.1. The molecule has 1 aliphatic rings. The van der Waals surface area contributed by atoms with Crippen molar-refractivity contribution in [2.45, 2.75) is 38.8 Å². The number of allylic oxidation sites excluding steroid dienone is 1. The van der Waals surface area contributed by atoms with Crippen molar-refractivity contribution in [1.29, 1.82) is 0 Å². The van der Waals surface area contributed by atoms with Gasteiger partial charge >= 0.3 is 12.0 Å². The number of nitrogens with zero attached hydrogens (tertiary/aromatic N) is 1. The third kappa shape index (κ3) is 5.85. The number of nitrogens with one attached hydrogen (secondary N) is 2. The van der Waals surface area contributed by atoms with Crippen molar-refractivity contribution in [3.8, 4) is 0 Å². The topological polar surface area (TPSA) is 116 Å². The summed E-state index contributed by atoms with van der Waals surface area (Å²) in [4.78, 5) is 50.0. The molecule has 2 unspecified atom stereocenters. The molecule has 2 aromatic carbocycles. The van der Waals surface area contributed by atoms with Crippen molar-refractivity contribution in [3.63, 3.8) is 0 Å². The minimum Gasteiger partial charge on any atom is -0.481 e. The van der Waals surface area contributed by atoms with Crippen LogP contribution in [-0.2, 0) is 20.8 Å². The lowest BCUT2D eigenvalue weighted by Gasteiger charge is -2.28. The van der Waals surface area contributed by atoms with Gasteiger partial charge in [-0.2, -0.15) is 0 Å². The second-order valence-electron chi connectivity index (χ2n) is 8.13. The van der Waals surface area contributed by atoms with E-state index in [0.29, 0.717) is 17.7 Å². The van der Waals surface area contributed by atoms with E-state index in [2.05, 4.69) is 10.6 Å². The summed E-state index contributed by atoms with van der Waals surface area (Å²) in [5, 5.41) is 14.4. The number of aliphatic carboxylic acids is 1. The Labute approximate surface area is 192 Å². The number of ketones is 1. The normalized spacial score (nSPS) is 16.8. The molecule has 1 aliphatic heterocycles. The van der Waals surface area contributed by atoms with E-state index in [0.717, 1.165) is 16.7 Å². The van der Waals surface area contributed by atoms with Gasteiger partial charge in [-0.3, -0.25) is 14.4 Å². The smallest absolute Gasteiger partial charge is 0.316 e. The van der Waals surface area contributed by atoms with E-state index >= 15 is 0 Å². The van der Waals surface area contributed by atoms with Gasteiger partial charge < -0.3 is 20.6 Å². The summed E-state index contributed by atoms with van der Waals surface area (Å²) < 4.78 is 0. The lowest BCUT2D eigenvalue weighted by Crippen LogP contribution is -2.56. The van der Waals surface area contributed by atoms with Crippen LogP contribution in [0.3, 0.4) is 0 Å². The molecule has 0 aromatic heterocycles. The Hall–Kier alpha value is -3.94. The highest BCUT2D eigenvalue weighted by Crippen LogP contribution is 2.21. The van der Waals surface area contributed by atoms with Gasteiger partial charge in [-0.15, -0.1) is 0 Å². The molecular formula is C25H27N3O5. The van der Waals surface area contributed by atoms with Crippen LogP contribution in [0.2, 0.25) is 0 Å². The summed E-state index contributed by atoms with van der Waals surface area (Å²) in [6, 6.07) is 12.4. The molecular weight excluding hydrogens is 422 g/mol. The van der Waals surface area contributed by atoms with Gasteiger partial charge in [0, 0.05) is 18.8 Å². The highest BCUT2D eigenvalue weighted by molar-refractivity contribution is 6.14. The summed E-state index contributed by atoms with van der Waals surface area (Å²) in [6.07, 6.45) is 1.60. The second-order valence-corrected chi connectivity index (χ2v) is 8.13. The van der Waals surface area contributed by atoms with E-state index in [1.54, 1.807) is 13.0 Å². The number of amides is 3. The van der Waals surface area contributed by atoms with Crippen molar-refractivity contribution in [3.05, 3.63) is 82.6 Å². The average molecular weight is 450 g/mol. The molecule has 8 nitrogen and oxygen atoms in total. The molecule has 8 heteroatoms. The van der Waals surface area contributed by atoms with Crippen LogP contribution in [0.5, 0.6) is 0 Å². The molecule has 0 aliphatic carbocycles. The fourth-order valence-electron chi connectivity index (χ4n) is 3.71. The molecule has 0 bridgehead atoms. The van der Waals surface area contributed by atoms with E-state index < -0.39 is 35.8 Å². The molecule has 2 atom stereocenters. The number of carboxylic acids is 1. The summed E-state index contributed by atoms with van der Waals surface area (Å²) in [7, 11) is 1.51. The number of hydrogen-bond acceptors (Lipinski definition) is 4. The Bertz CT molecular complexity index is 1120. The standard InChI is InChI=1S/C25H27N3O5/c1-15-7-4-5-9-18(15)12-17-8-6-10-19(13-17)20(14-22(30)31)26-25(33)27-23-21(29)11-16(2)28(3)24(23)32/h4-11,13,20,23H,12,14H2,1-3H3,(H,30,31)(H2,26,27,33). The van der Waals surface area contributed by atoms with Crippen LogP contribution in [0, 0.1) is 6.92 Å². The van der Waals surface area contributed by atoms with E-state index in [1.807, 2.05) is 49.4 Å². The molecule has 0 saturated heterocycles. The first-order chi connectivity index (χ1) is 15.7. The molecule has 0 spiro atoms. The average Bonchev–Trinajstić information content (AvgIpc) is 2.76. The number of benzene rings is 2. The van der Waals surface area contributed by atoms with Crippen LogP contribution in [0.4, 0.5) is 4.79 Å². The molecule has 3 rings (SSSR count). The number of carbonyl (C=O) groups excluding carboxylic acids is 3. The SMILES string of the molecule is CC1=CC(=O)C(NC(=O)NC(CC(=O)O)c2cccc(Cc3ccccc3C)c2)C(=O)N1C. The van der Waals surface area contributed by atoms with E-state index in [4.69, 9.17) is 0 Å². The van der Waals surface area contributed by atoms with Gasteiger partial charge in [0.2, 0.25) is 0 Å².